The Morgan fingerprint density at radius 2 is 2.00 bits per heavy atom. The molecular weight excluding hydrogens is 431 g/mol. The Morgan fingerprint density at radius 3 is 2.69 bits per heavy atom. The van der Waals surface area contributed by atoms with E-state index < -0.39 is 0 Å². The van der Waals surface area contributed by atoms with Crippen LogP contribution < -0.4 is 14.8 Å². The van der Waals surface area contributed by atoms with Crippen LogP contribution in [0.25, 0.3) is 0 Å². The zero-order valence-electron chi connectivity index (χ0n) is 18.8. The number of likely N-dealkylation sites (tertiary alicyclic amines) is 1. The van der Waals surface area contributed by atoms with Gasteiger partial charge in [-0.15, -0.1) is 0 Å². The van der Waals surface area contributed by atoms with Crippen molar-refractivity contribution in [2.24, 2.45) is 5.92 Å². The van der Waals surface area contributed by atoms with E-state index in [1.54, 1.807) is 19.2 Å². The second kappa shape index (κ2) is 9.28. The lowest BCUT2D eigenvalue weighted by Gasteiger charge is -2.39. The Labute approximate surface area is 193 Å². The Morgan fingerprint density at radius 1 is 1.25 bits per heavy atom. The van der Waals surface area contributed by atoms with Gasteiger partial charge in [-0.3, -0.25) is 9.69 Å². The summed E-state index contributed by atoms with van der Waals surface area (Å²) < 4.78 is 25.6. The fourth-order valence-electron chi connectivity index (χ4n) is 4.62. The van der Waals surface area contributed by atoms with Crippen molar-refractivity contribution >= 4 is 17.5 Å². The van der Waals surface area contributed by atoms with Crippen molar-refractivity contribution in [1.29, 1.82) is 0 Å². The number of carbonyl (C=O) groups excluding carboxylic acids is 1. The molecule has 1 N–H and O–H groups in total. The molecule has 1 unspecified atom stereocenters. The van der Waals surface area contributed by atoms with Gasteiger partial charge in [0.15, 0.2) is 0 Å². The van der Waals surface area contributed by atoms with Gasteiger partial charge in [0.1, 0.15) is 22.9 Å². The highest BCUT2D eigenvalue weighted by atomic mass is 35.5. The summed E-state index contributed by atoms with van der Waals surface area (Å²) in [5.41, 5.74) is 1.23. The minimum Gasteiger partial charge on any atom is -0.497 e. The Kier molecular flexibility index (Phi) is 6.63. The number of methoxy groups -OCH3 is 1. The molecule has 2 aliphatic heterocycles. The third kappa shape index (κ3) is 5.18. The molecule has 0 spiro atoms. The molecule has 5 nitrogen and oxygen atoms in total. The van der Waals surface area contributed by atoms with Crippen molar-refractivity contribution in [3.05, 3.63) is 58.4 Å². The number of rotatable bonds is 5. The van der Waals surface area contributed by atoms with Gasteiger partial charge in [0.05, 0.1) is 13.2 Å². The van der Waals surface area contributed by atoms with Crippen LogP contribution in [-0.4, -0.2) is 36.6 Å². The number of halogens is 2. The van der Waals surface area contributed by atoms with Crippen LogP contribution in [0.3, 0.4) is 0 Å². The Hall–Kier alpha value is -2.31. The first kappa shape index (κ1) is 22.9. The molecule has 1 saturated heterocycles. The lowest BCUT2D eigenvalue weighted by atomic mass is 9.88. The van der Waals surface area contributed by atoms with Crippen LogP contribution in [0.15, 0.2) is 36.4 Å². The molecule has 7 heteroatoms. The molecule has 0 saturated carbocycles. The highest BCUT2D eigenvalue weighted by molar-refractivity contribution is 6.30. The molecule has 2 aromatic rings. The minimum absolute atomic E-state index is 0.0472. The number of ether oxygens (including phenoxy) is 2. The van der Waals surface area contributed by atoms with E-state index in [-0.39, 0.29) is 29.3 Å². The molecule has 1 amide bonds. The largest absolute Gasteiger partial charge is 0.497 e. The first-order chi connectivity index (χ1) is 15.2. The van der Waals surface area contributed by atoms with Gasteiger partial charge in [0, 0.05) is 41.1 Å². The van der Waals surface area contributed by atoms with E-state index in [1.165, 1.54) is 6.07 Å². The monoisotopic (exact) mass is 460 g/mol. The van der Waals surface area contributed by atoms with Crippen LogP contribution in [0.2, 0.25) is 5.02 Å². The lowest BCUT2D eigenvalue weighted by Crippen LogP contribution is -2.45. The number of carbonyl (C=O) groups is 1. The maximum absolute atomic E-state index is 14.1. The summed E-state index contributed by atoms with van der Waals surface area (Å²) in [6.45, 7) is 6.10. The van der Waals surface area contributed by atoms with Crippen LogP contribution in [0.4, 0.5) is 4.39 Å². The van der Waals surface area contributed by atoms with E-state index in [9.17, 15) is 9.18 Å². The number of benzene rings is 2. The zero-order valence-corrected chi connectivity index (χ0v) is 19.5. The molecule has 0 aromatic heterocycles. The fourth-order valence-corrected chi connectivity index (χ4v) is 4.78. The normalized spacial score (nSPS) is 20.8. The van der Waals surface area contributed by atoms with Crippen molar-refractivity contribution in [1.82, 2.24) is 10.2 Å². The highest BCUT2D eigenvalue weighted by Gasteiger charge is 2.36. The third-order valence-electron chi connectivity index (χ3n) is 6.36. The summed E-state index contributed by atoms with van der Waals surface area (Å²) in [7, 11) is 1.63. The molecule has 32 heavy (non-hydrogen) atoms. The van der Waals surface area contributed by atoms with Gasteiger partial charge >= 0.3 is 0 Å². The predicted molar refractivity (Wildman–Crippen MR) is 123 cm³/mol. The fraction of sp³-hybridized carbons (Fsp3) is 0.480. The third-order valence-corrected chi connectivity index (χ3v) is 6.60. The lowest BCUT2D eigenvalue weighted by molar-refractivity contribution is -0.127. The minimum atomic E-state index is -0.386. The average Bonchev–Trinajstić information content (AvgIpc) is 2.75. The number of fused-ring (bicyclic) bond motifs is 1. The van der Waals surface area contributed by atoms with E-state index in [4.69, 9.17) is 21.1 Å². The summed E-state index contributed by atoms with van der Waals surface area (Å²) in [6, 6.07) is 10.4. The number of hydrogen-bond donors (Lipinski definition) is 1. The Balaban J connectivity index is 1.37. The first-order valence-electron chi connectivity index (χ1n) is 11.1. The summed E-state index contributed by atoms with van der Waals surface area (Å²) in [5, 5.41) is 3.67. The highest BCUT2D eigenvalue weighted by Crippen LogP contribution is 2.41. The number of nitrogens with zero attached hydrogens (tertiary/aromatic N) is 1. The molecule has 0 radical (unpaired) electrons. The second-order valence-corrected chi connectivity index (χ2v) is 9.75. The maximum Gasteiger partial charge on any atom is 0.223 e. The van der Waals surface area contributed by atoms with Crippen molar-refractivity contribution in [3.63, 3.8) is 0 Å². The number of nitrogens with one attached hydrogen (secondary N) is 1. The topological polar surface area (TPSA) is 50.8 Å². The summed E-state index contributed by atoms with van der Waals surface area (Å²) in [4.78, 5) is 15.3. The van der Waals surface area contributed by atoms with Crippen LogP contribution >= 0.6 is 11.6 Å². The number of hydrogen-bond acceptors (Lipinski definition) is 4. The van der Waals surface area contributed by atoms with Gasteiger partial charge in [-0.05, 0) is 64.0 Å². The number of amides is 1. The molecule has 4 rings (SSSR count). The summed E-state index contributed by atoms with van der Waals surface area (Å²) >= 11 is 5.85. The van der Waals surface area contributed by atoms with Gasteiger partial charge in [0.2, 0.25) is 5.91 Å². The molecular formula is C25H30ClFN2O3. The van der Waals surface area contributed by atoms with Gasteiger partial charge in [-0.25, -0.2) is 4.39 Å². The maximum atomic E-state index is 14.1. The average molecular weight is 461 g/mol. The van der Waals surface area contributed by atoms with Gasteiger partial charge in [-0.2, -0.15) is 0 Å². The zero-order chi connectivity index (χ0) is 22.9. The molecule has 2 aliphatic rings. The molecule has 0 aliphatic carbocycles. The quantitative estimate of drug-likeness (QED) is 0.673. The van der Waals surface area contributed by atoms with Crippen molar-refractivity contribution in [2.75, 3.05) is 20.2 Å². The molecule has 0 bridgehead atoms. The summed E-state index contributed by atoms with van der Waals surface area (Å²) in [6.07, 6.45) is 2.21. The smallest absolute Gasteiger partial charge is 0.223 e. The van der Waals surface area contributed by atoms with Crippen molar-refractivity contribution < 1.29 is 18.7 Å². The molecule has 1 fully saturated rings. The van der Waals surface area contributed by atoms with E-state index in [0.29, 0.717) is 23.6 Å². The van der Waals surface area contributed by atoms with Crippen LogP contribution in [0, 0.1) is 11.7 Å². The number of piperidine rings is 1. The van der Waals surface area contributed by atoms with Crippen LogP contribution in [-0.2, 0) is 11.3 Å². The molecule has 172 valence electrons. The van der Waals surface area contributed by atoms with Crippen molar-refractivity contribution in [2.45, 2.75) is 51.3 Å². The second-order valence-electron chi connectivity index (χ2n) is 9.32. The first-order valence-corrected chi connectivity index (χ1v) is 11.5. The predicted octanol–water partition coefficient (Wildman–Crippen LogP) is 5.12. The van der Waals surface area contributed by atoms with E-state index in [2.05, 4.69) is 10.2 Å². The van der Waals surface area contributed by atoms with Gasteiger partial charge in [0.25, 0.3) is 0 Å². The SMILES string of the molecule is COc1ccc2c(c1)OC(C)(C)CC2NC(=O)C1CCN(Cc2ccc(Cl)cc2F)CC1. The van der Waals surface area contributed by atoms with Gasteiger partial charge in [-0.1, -0.05) is 17.7 Å². The van der Waals surface area contributed by atoms with Crippen LogP contribution in [0.5, 0.6) is 11.5 Å². The van der Waals surface area contributed by atoms with Crippen molar-refractivity contribution in [3.8, 4) is 11.5 Å². The van der Waals surface area contributed by atoms with E-state index >= 15 is 0 Å². The van der Waals surface area contributed by atoms with E-state index in [0.717, 1.165) is 43.0 Å². The van der Waals surface area contributed by atoms with Crippen LogP contribution in [0.1, 0.15) is 50.3 Å². The van der Waals surface area contributed by atoms with Gasteiger partial charge < -0.3 is 14.8 Å². The van der Waals surface area contributed by atoms with E-state index in [1.807, 2.05) is 32.0 Å². The summed E-state index contributed by atoms with van der Waals surface area (Å²) in [5.74, 6) is 1.23. The standard InChI is InChI=1S/C25H30ClFN2O3/c1-25(2)14-22(20-7-6-19(31-3)13-23(20)32-25)28-24(30)16-8-10-29(11-9-16)15-17-4-5-18(26)12-21(17)27/h4-7,12-13,16,22H,8-11,14-15H2,1-3H3,(H,28,30). The molecule has 2 heterocycles. The molecule has 1 atom stereocenters. The molecule has 2 aromatic carbocycles. The Bertz CT molecular complexity index is 989.